The van der Waals surface area contributed by atoms with Gasteiger partial charge in [0.1, 0.15) is 0 Å². The monoisotopic (exact) mass is 246 g/mol. The first-order valence-electron chi connectivity index (χ1n) is 6.65. The predicted molar refractivity (Wildman–Crippen MR) is 74.5 cm³/mol. The Kier molecular flexibility index (Phi) is 3.60. The fraction of sp³-hybridized carbons (Fsp3) is 0.533. The van der Waals surface area contributed by atoms with E-state index < -0.39 is 0 Å². The lowest BCUT2D eigenvalue weighted by molar-refractivity contribution is 0.0588. The van der Waals surface area contributed by atoms with Crippen LogP contribution < -0.4 is 5.73 Å². The molecule has 2 rings (SSSR count). The van der Waals surface area contributed by atoms with Crippen molar-refractivity contribution in [2.24, 2.45) is 5.92 Å². The third-order valence-electron chi connectivity index (χ3n) is 3.75. The van der Waals surface area contributed by atoms with E-state index in [-0.39, 0.29) is 5.91 Å². The minimum absolute atomic E-state index is 0.116. The number of nitrogens with zero attached hydrogens (tertiary/aromatic N) is 1. The highest BCUT2D eigenvalue weighted by atomic mass is 16.2. The molecule has 3 nitrogen and oxygen atoms in total. The number of nitrogens with two attached hydrogens (primary N) is 1. The second kappa shape index (κ2) is 5.01. The third-order valence-corrected chi connectivity index (χ3v) is 3.75. The highest BCUT2D eigenvalue weighted by Crippen LogP contribution is 2.24. The van der Waals surface area contributed by atoms with Crippen LogP contribution in [0.15, 0.2) is 18.2 Å². The lowest BCUT2D eigenvalue weighted by Crippen LogP contribution is -2.44. The van der Waals surface area contributed by atoms with Crippen molar-refractivity contribution in [2.75, 3.05) is 12.3 Å². The van der Waals surface area contributed by atoms with Gasteiger partial charge >= 0.3 is 0 Å². The van der Waals surface area contributed by atoms with Gasteiger partial charge in [-0.2, -0.15) is 0 Å². The van der Waals surface area contributed by atoms with Gasteiger partial charge in [-0.25, -0.2) is 0 Å². The highest BCUT2D eigenvalue weighted by Gasteiger charge is 2.27. The molecule has 0 saturated carbocycles. The summed E-state index contributed by atoms with van der Waals surface area (Å²) in [5.74, 6) is 0.830. The second-order valence-electron chi connectivity index (χ2n) is 5.61. The molecule has 1 saturated heterocycles. The maximum absolute atomic E-state index is 12.5. The van der Waals surface area contributed by atoms with Crippen LogP contribution in [0.3, 0.4) is 0 Å². The van der Waals surface area contributed by atoms with E-state index in [0.717, 1.165) is 24.9 Å². The predicted octanol–water partition coefficient (Wildman–Crippen LogP) is 2.84. The van der Waals surface area contributed by atoms with Crippen molar-refractivity contribution in [1.29, 1.82) is 0 Å². The van der Waals surface area contributed by atoms with Gasteiger partial charge in [-0.15, -0.1) is 0 Å². The van der Waals surface area contributed by atoms with Gasteiger partial charge in [-0.3, -0.25) is 4.79 Å². The maximum atomic E-state index is 12.5. The molecular weight excluding hydrogens is 224 g/mol. The summed E-state index contributed by atoms with van der Waals surface area (Å²) in [5, 5.41) is 0. The lowest BCUT2D eigenvalue weighted by atomic mass is 9.92. The van der Waals surface area contributed by atoms with Crippen molar-refractivity contribution in [3.05, 3.63) is 29.3 Å². The van der Waals surface area contributed by atoms with Crippen LogP contribution >= 0.6 is 0 Å². The molecule has 2 unspecified atom stereocenters. The molecule has 98 valence electrons. The molecular formula is C15H22N2O. The molecule has 18 heavy (non-hydrogen) atoms. The smallest absolute Gasteiger partial charge is 0.254 e. The standard InChI is InChI=1S/C15H22N2O/c1-10-4-5-17(12(3)6-10)15(18)13-7-11(2)8-14(16)9-13/h7-10,12H,4-6,16H2,1-3H3. The van der Waals surface area contributed by atoms with Gasteiger partial charge in [-0.05, 0) is 56.4 Å². The highest BCUT2D eigenvalue weighted by molar-refractivity contribution is 5.95. The Morgan fingerprint density at radius 2 is 2.06 bits per heavy atom. The van der Waals surface area contributed by atoms with Crippen molar-refractivity contribution in [3.8, 4) is 0 Å². The van der Waals surface area contributed by atoms with Gasteiger partial charge in [0.2, 0.25) is 0 Å². The molecule has 1 aliphatic rings. The number of anilines is 1. The van der Waals surface area contributed by atoms with Gasteiger partial charge in [0.25, 0.3) is 5.91 Å². The summed E-state index contributed by atoms with van der Waals surface area (Å²) in [6.45, 7) is 7.21. The zero-order chi connectivity index (χ0) is 13.3. The number of carbonyl (C=O) groups is 1. The molecule has 3 heteroatoms. The summed E-state index contributed by atoms with van der Waals surface area (Å²) in [5.41, 5.74) is 8.23. The van der Waals surface area contributed by atoms with Gasteiger partial charge in [0.05, 0.1) is 0 Å². The number of hydrogen-bond acceptors (Lipinski definition) is 2. The number of nitrogen functional groups attached to an aromatic ring is 1. The number of carbonyl (C=O) groups excluding carboxylic acids is 1. The number of benzene rings is 1. The van der Waals surface area contributed by atoms with Crippen LogP contribution in [0.25, 0.3) is 0 Å². The van der Waals surface area contributed by atoms with Crippen LogP contribution in [0.1, 0.15) is 42.6 Å². The van der Waals surface area contributed by atoms with Crippen molar-refractivity contribution < 1.29 is 4.79 Å². The van der Waals surface area contributed by atoms with Crippen molar-refractivity contribution >= 4 is 11.6 Å². The van der Waals surface area contributed by atoms with Gasteiger partial charge in [-0.1, -0.05) is 6.92 Å². The molecule has 0 radical (unpaired) electrons. The third kappa shape index (κ3) is 2.66. The molecule has 0 spiro atoms. The zero-order valence-electron chi connectivity index (χ0n) is 11.4. The number of hydrogen-bond donors (Lipinski definition) is 1. The number of aryl methyl sites for hydroxylation is 1. The van der Waals surface area contributed by atoms with E-state index in [1.807, 2.05) is 24.0 Å². The lowest BCUT2D eigenvalue weighted by Gasteiger charge is -2.36. The Bertz CT molecular complexity index is 436. The Hall–Kier alpha value is -1.51. The average Bonchev–Trinajstić information content (AvgIpc) is 2.26. The quantitative estimate of drug-likeness (QED) is 0.774. The van der Waals surface area contributed by atoms with E-state index in [4.69, 9.17) is 5.73 Å². The molecule has 0 aliphatic carbocycles. The van der Waals surface area contributed by atoms with E-state index in [0.29, 0.717) is 23.2 Å². The summed E-state index contributed by atoms with van der Waals surface area (Å²) >= 11 is 0. The molecule has 1 aliphatic heterocycles. The number of rotatable bonds is 1. The maximum Gasteiger partial charge on any atom is 0.254 e. The first kappa shape index (κ1) is 12.9. The largest absolute Gasteiger partial charge is 0.399 e. The normalized spacial score (nSPS) is 24.1. The summed E-state index contributed by atoms with van der Waals surface area (Å²) in [4.78, 5) is 14.5. The topological polar surface area (TPSA) is 46.3 Å². The van der Waals surface area contributed by atoms with E-state index in [9.17, 15) is 4.79 Å². The van der Waals surface area contributed by atoms with Crippen LogP contribution in [-0.4, -0.2) is 23.4 Å². The minimum Gasteiger partial charge on any atom is -0.399 e. The van der Waals surface area contributed by atoms with E-state index >= 15 is 0 Å². The number of likely N-dealkylation sites (tertiary alicyclic amines) is 1. The van der Waals surface area contributed by atoms with Gasteiger partial charge in [0.15, 0.2) is 0 Å². The fourth-order valence-electron chi connectivity index (χ4n) is 2.81. The van der Waals surface area contributed by atoms with Crippen LogP contribution in [0, 0.1) is 12.8 Å². The van der Waals surface area contributed by atoms with Crippen molar-refractivity contribution in [1.82, 2.24) is 4.90 Å². The summed E-state index contributed by atoms with van der Waals surface area (Å²) in [6.07, 6.45) is 2.18. The average molecular weight is 246 g/mol. The van der Waals surface area contributed by atoms with Crippen LogP contribution in [-0.2, 0) is 0 Å². The molecule has 1 fully saturated rings. The first-order valence-corrected chi connectivity index (χ1v) is 6.65. The Labute approximate surface area is 109 Å². The molecule has 1 heterocycles. The second-order valence-corrected chi connectivity index (χ2v) is 5.61. The van der Waals surface area contributed by atoms with Gasteiger partial charge in [0, 0.05) is 23.8 Å². The van der Waals surface area contributed by atoms with Crippen LogP contribution in [0.2, 0.25) is 0 Å². The first-order chi connectivity index (χ1) is 8.47. The summed E-state index contributed by atoms with van der Waals surface area (Å²) in [7, 11) is 0. The van der Waals surface area contributed by atoms with E-state index in [1.165, 1.54) is 0 Å². The summed E-state index contributed by atoms with van der Waals surface area (Å²) < 4.78 is 0. The minimum atomic E-state index is 0.116. The fourth-order valence-corrected chi connectivity index (χ4v) is 2.81. The molecule has 1 aromatic carbocycles. The SMILES string of the molecule is Cc1cc(N)cc(C(=O)N2CCC(C)CC2C)c1. The number of amides is 1. The Balaban J connectivity index is 2.20. The van der Waals surface area contributed by atoms with Crippen LogP contribution in [0.4, 0.5) is 5.69 Å². The molecule has 1 amide bonds. The molecule has 0 aromatic heterocycles. The van der Waals surface area contributed by atoms with E-state index in [1.54, 1.807) is 6.07 Å². The summed E-state index contributed by atoms with van der Waals surface area (Å²) in [6, 6.07) is 5.91. The Morgan fingerprint density at radius 1 is 1.33 bits per heavy atom. The molecule has 2 atom stereocenters. The zero-order valence-corrected chi connectivity index (χ0v) is 11.4. The van der Waals surface area contributed by atoms with Gasteiger partial charge < -0.3 is 10.6 Å². The van der Waals surface area contributed by atoms with Crippen molar-refractivity contribution in [3.63, 3.8) is 0 Å². The van der Waals surface area contributed by atoms with Crippen molar-refractivity contribution in [2.45, 2.75) is 39.7 Å². The molecule has 0 bridgehead atoms. The molecule has 2 N–H and O–H groups in total. The number of piperidine rings is 1. The molecule has 1 aromatic rings. The van der Waals surface area contributed by atoms with Crippen LogP contribution in [0.5, 0.6) is 0 Å². The van der Waals surface area contributed by atoms with E-state index in [2.05, 4.69) is 13.8 Å². The Morgan fingerprint density at radius 3 is 2.67 bits per heavy atom.